The Labute approximate surface area is 239 Å². The highest BCUT2D eigenvalue weighted by Crippen LogP contribution is 2.45. The summed E-state index contributed by atoms with van der Waals surface area (Å²) in [5.41, 5.74) is 1.07. The number of nitrogens with zero attached hydrogens (tertiary/aromatic N) is 3. The van der Waals surface area contributed by atoms with Gasteiger partial charge in [0.1, 0.15) is 17.1 Å². The molecule has 212 valence electrons. The molecule has 4 heterocycles. The molecule has 2 fully saturated rings. The van der Waals surface area contributed by atoms with Crippen molar-refractivity contribution in [2.45, 2.75) is 31.0 Å². The monoisotopic (exact) mass is 589 g/mol. The van der Waals surface area contributed by atoms with E-state index in [1.807, 2.05) is 4.57 Å². The maximum atomic E-state index is 13.6. The Balaban J connectivity index is 1.70. The second-order valence-corrected chi connectivity index (χ2v) is 10.2. The predicted octanol–water partition coefficient (Wildman–Crippen LogP) is 3.04. The molecule has 0 bridgehead atoms. The van der Waals surface area contributed by atoms with Crippen LogP contribution in [0.15, 0.2) is 40.8 Å². The molecular weight excluding hydrogens is 561 g/mol. The van der Waals surface area contributed by atoms with Crippen molar-refractivity contribution in [1.29, 1.82) is 0 Å². The number of hydrogen-bond donors (Lipinski definition) is 2. The van der Waals surface area contributed by atoms with Gasteiger partial charge in [0.25, 0.3) is 5.56 Å². The fourth-order valence-corrected chi connectivity index (χ4v) is 5.72. The number of halogens is 2. The van der Waals surface area contributed by atoms with Gasteiger partial charge in [-0.25, -0.2) is 9.98 Å². The van der Waals surface area contributed by atoms with E-state index < -0.39 is 5.56 Å². The van der Waals surface area contributed by atoms with Crippen molar-refractivity contribution >= 4 is 40.1 Å². The van der Waals surface area contributed by atoms with Crippen LogP contribution in [0.4, 0.5) is 0 Å². The number of methoxy groups -OCH3 is 2. The molecule has 2 N–H and O–H groups in total. The standard InChI is InChI=1S/C27H29Cl2N5O6/c1-4-21(35)31-17-12-40-13-18(17)32-27-30-11-14-9-16(22-23(28)19(37-2)10-20(38-3)24(22)29)26(36)33-25(14)34(27)15-5-7-39-8-6-15/h4,9-11,15,17-18H,1,5-8,12-13H2,2-3H3,(H,31,35)(H,33,36)/t17-,18+/m0/s1. The number of ether oxygens (including phenoxy) is 4. The first-order valence-corrected chi connectivity index (χ1v) is 13.5. The lowest BCUT2D eigenvalue weighted by Gasteiger charge is -2.26. The van der Waals surface area contributed by atoms with Crippen molar-refractivity contribution < 1.29 is 23.7 Å². The molecule has 40 heavy (non-hydrogen) atoms. The van der Waals surface area contributed by atoms with E-state index in [0.717, 1.165) is 0 Å². The molecule has 2 aliphatic heterocycles. The molecule has 0 radical (unpaired) electrons. The minimum absolute atomic E-state index is 0.0298. The minimum atomic E-state index is -0.412. The molecule has 1 aromatic carbocycles. The molecule has 3 aromatic rings. The summed E-state index contributed by atoms with van der Waals surface area (Å²) in [7, 11) is 2.94. The number of rotatable bonds is 7. The van der Waals surface area contributed by atoms with E-state index in [2.05, 4.69) is 21.9 Å². The number of carbonyl (C=O) groups excluding carboxylic acids is 1. The third kappa shape index (κ3) is 5.34. The van der Waals surface area contributed by atoms with Gasteiger partial charge in [-0.3, -0.25) is 14.2 Å². The number of aromatic nitrogens is 3. The number of nitrogens with one attached hydrogen (secondary N) is 2. The molecule has 0 unspecified atom stereocenters. The van der Waals surface area contributed by atoms with Gasteiger partial charge in [-0.05, 0) is 25.0 Å². The summed E-state index contributed by atoms with van der Waals surface area (Å²) in [6.45, 7) is 5.28. The Morgan fingerprint density at radius 2 is 1.88 bits per heavy atom. The zero-order valence-corrected chi connectivity index (χ0v) is 23.6. The molecule has 1 amide bonds. The van der Waals surface area contributed by atoms with Crippen molar-refractivity contribution in [2.24, 2.45) is 4.99 Å². The van der Waals surface area contributed by atoms with Crippen LogP contribution in [0.5, 0.6) is 11.5 Å². The van der Waals surface area contributed by atoms with E-state index in [0.29, 0.717) is 67.4 Å². The van der Waals surface area contributed by atoms with Gasteiger partial charge in [0.05, 0.1) is 55.1 Å². The lowest BCUT2D eigenvalue weighted by Crippen LogP contribution is -2.43. The van der Waals surface area contributed by atoms with Gasteiger partial charge in [0, 0.05) is 42.5 Å². The maximum absolute atomic E-state index is 13.6. The van der Waals surface area contributed by atoms with Crippen molar-refractivity contribution in [3.63, 3.8) is 0 Å². The molecule has 0 saturated carbocycles. The van der Waals surface area contributed by atoms with Crippen LogP contribution in [0.2, 0.25) is 10.0 Å². The Morgan fingerprint density at radius 3 is 2.52 bits per heavy atom. The van der Waals surface area contributed by atoms with Crippen LogP contribution in [0.25, 0.3) is 22.2 Å². The summed E-state index contributed by atoms with van der Waals surface area (Å²) in [6.07, 6.45) is 4.26. The average molecular weight is 590 g/mol. The summed E-state index contributed by atoms with van der Waals surface area (Å²) in [6, 6.07) is 2.53. The molecule has 2 aliphatic rings. The van der Waals surface area contributed by atoms with Gasteiger partial charge in [-0.15, -0.1) is 0 Å². The first-order valence-electron chi connectivity index (χ1n) is 12.7. The molecule has 5 rings (SSSR count). The van der Waals surface area contributed by atoms with Crippen LogP contribution < -0.4 is 26.0 Å². The van der Waals surface area contributed by atoms with Crippen molar-refractivity contribution in [2.75, 3.05) is 40.6 Å². The van der Waals surface area contributed by atoms with Crippen molar-refractivity contribution in [1.82, 2.24) is 19.9 Å². The third-order valence-electron chi connectivity index (χ3n) is 7.07. The van der Waals surface area contributed by atoms with Crippen LogP contribution in [0, 0.1) is 0 Å². The van der Waals surface area contributed by atoms with E-state index in [4.69, 9.17) is 47.1 Å². The SMILES string of the molecule is C=CC(=O)N[C@H]1COC[C@H]1N=c1ncc2cc(-c3c(Cl)c(OC)cc(OC)c3Cl)c(=O)[nH]c2n1C1CCOCC1. The molecular formula is C27H29Cl2N5O6. The number of amides is 1. The van der Waals surface area contributed by atoms with Crippen molar-refractivity contribution in [3.05, 3.63) is 57.0 Å². The Morgan fingerprint density at radius 1 is 1.18 bits per heavy atom. The van der Waals surface area contributed by atoms with Gasteiger partial charge in [0.15, 0.2) is 0 Å². The molecule has 13 heteroatoms. The topological polar surface area (TPSA) is 129 Å². The smallest absolute Gasteiger partial charge is 0.257 e. The molecule has 0 aliphatic carbocycles. The summed E-state index contributed by atoms with van der Waals surface area (Å²) in [5, 5.41) is 3.88. The number of pyridine rings is 1. The minimum Gasteiger partial charge on any atom is -0.495 e. The van der Waals surface area contributed by atoms with Gasteiger partial charge in [-0.1, -0.05) is 29.8 Å². The third-order valence-corrected chi connectivity index (χ3v) is 7.82. The van der Waals surface area contributed by atoms with Crippen LogP contribution in [-0.4, -0.2) is 73.2 Å². The molecule has 2 saturated heterocycles. The molecule has 2 atom stereocenters. The second-order valence-electron chi connectivity index (χ2n) is 9.42. The highest BCUT2D eigenvalue weighted by molar-refractivity contribution is 6.41. The van der Waals surface area contributed by atoms with E-state index in [1.54, 1.807) is 18.3 Å². The van der Waals surface area contributed by atoms with Gasteiger partial charge in [0.2, 0.25) is 11.5 Å². The summed E-state index contributed by atoms with van der Waals surface area (Å²) >= 11 is 13.2. The fourth-order valence-electron chi connectivity index (χ4n) is 5.01. The second kappa shape index (κ2) is 12.0. The highest BCUT2D eigenvalue weighted by Gasteiger charge is 2.30. The number of hydrogen-bond acceptors (Lipinski definition) is 8. The van der Waals surface area contributed by atoms with Crippen LogP contribution in [-0.2, 0) is 14.3 Å². The predicted molar refractivity (Wildman–Crippen MR) is 150 cm³/mol. The number of aromatic amines is 1. The molecule has 11 nitrogen and oxygen atoms in total. The zero-order valence-electron chi connectivity index (χ0n) is 22.0. The lowest BCUT2D eigenvalue weighted by molar-refractivity contribution is -0.117. The van der Waals surface area contributed by atoms with Gasteiger partial charge in [-0.2, -0.15) is 0 Å². The highest BCUT2D eigenvalue weighted by atomic mass is 35.5. The Hall–Kier alpha value is -3.38. The number of carbonyl (C=O) groups is 1. The van der Waals surface area contributed by atoms with Crippen LogP contribution in [0.1, 0.15) is 18.9 Å². The number of benzene rings is 1. The molecule has 2 aromatic heterocycles. The first kappa shape index (κ1) is 28.2. The van der Waals surface area contributed by atoms with Crippen molar-refractivity contribution in [3.8, 4) is 22.6 Å². The van der Waals surface area contributed by atoms with E-state index in [-0.39, 0.29) is 45.2 Å². The quantitative estimate of drug-likeness (QED) is 0.405. The summed E-state index contributed by atoms with van der Waals surface area (Å²) < 4.78 is 23.9. The number of fused-ring (bicyclic) bond motifs is 1. The fraction of sp³-hybridized carbons (Fsp3) is 0.407. The van der Waals surface area contributed by atoms with E-state index in [1.165, 1.54) is 20.3 Å². The Bertz CT molecular complexity index is 1550. The zero-order chi connectivity index (χ0) is 28.4. The molecule has 0 spiro atoms. The van der Waals surface area contributed by atoms with Crippen LogP contribution >= 0.6 is 23.2 Å². The number of H-pyrrole nitrogens is 1. The largest absolute Gasteiger partial charge is 0.495 e. The summed E-state index contributed by atoms with van der Waals surface area (Å²) in [4.78, 5) is 38.1. The van der Waals surface area contributed by atoms with Gasteiger partial charge < -0.3 is 29.2 Å². The van der Waals surface area contributed by atoms with Gasteiger partial charge >= 0.3 is 0 Å². The van der Waals surface area contributed by atoms with E-state index >= 15 is 0 Å². The van der Waals surface area contributed by atoms with Crippen LogP contribution in [0.3, 0.4) is 0 Å². The van der Waals surface area contributed by atoms with E-state index in [9.17, 15) is 9.59 Å². The summed E-state index contributed by atoms with van der Waals surface area (Å²) in [5.74, 6) is 0.334. The average Bonchev–Trinajstić information content (AvgIpc) is 3.40. The normalized spacial score (nSPS) is 20.1. The maximum Gasteiger partial charge on any atom is 0.257 e. The first-order chi connectivity index (χ1) is 19.4. The Kier molecular flexibility index (Phi) is 8.46. The lowest BCUT2D eigenvalue weighted by atomic mass is 10.0.